The lowest BCUT2D eigenvalue weighted by molar-refractivity contribution is -0.123. The number of carbonyl (C=O) groups excluding carboxylic acids is 2. The van der Waals surface area contributed by atoms with Crippen LogP contribution in [0, 0.1) is 18.2 Å². The van der Waals surface area contributed by atoms with Crippen molar-refractivity contribution in [3.63, 3.8) is 0 Å². The average Bonchev–Trinajstić information content (AvgIpc) is 2.87. The van der Waals surface area contributed by atoms with Crippen LogP contribution >= 0.6 is 11.3 Å². The minimum atomic E-state index is -0.503. The molecule has 0 saturated carbocycles. The first kappa shape index (κ1) is 19.1. The van der Waals surface area contributed by atoms with E-state index in [-0.39, 0.29) is 23.7 Å². The highest BCUT2D eigenvalue weighted by atomic mass is 32.1. The molecule has 2 rings (SSSR count). The zero-order chi connectivity index (χ0) is 18.8. The second kappa shape index (κ2) is 7.35. The fourth-order valence-corrected chi connectivity index (χ4v) is 3.14. The van der Waals surface area contributed by atoms with Gasteiger partial charge in [0.05, 0.1) is 15.9 Å². The number of carbonyl (C=O) groups is 2. The summed E-state index contributed by atoms with van der Waals surface area (Å²) in [7, 11) is 0. The van der Waals surface area contributed by atoms with Crippen LogP contribution in [0.4, 0.5) is 9.39 Å². The average molecular weight is 362 g/mol. The lowest BCUT2D eigenvalue weighted by Gasteiger charge is -2.16. The molecule has 2 amide bonds. The monoisotopic (exact) mass is 362 g/mol. The molecule has 1 heterocycles. The molecule has 1 unspecified atom stereocenters. The van der Waals surface area contributed by atoms with Crippen LogP contribution < -0.4 is 10.6 Å². The maximum Gasteiger partial charge on any atom is 0.262 e. The number of nitrogens with one attached hydrogen (secondary N) is 2. The molecule has 0 radical (unpaired) electrons. The molecule has 2 aromatic rings. The normalized spacial score (nSPS) is 12.6. The third-order valence-corrected chi connectivity index (χ3v) is 4.91. The van der Waals surface area contributed by atoms with Crippen LogP contribution in [0.3, 0.4) is 0 Å². The van der Waals surface area contributed by atoms with Gasteiger partial charge in [-0.3, -0.25) is 9.59 Å². The van der Waals surface area contributed by atoms with Gasteiger partial charge in [-0.2, -0.15) is 0 Å². The maximum absolute atomic E-state index is 13.0. The van der Waals surface area contributed by atoms with Crippen molar-refractivity contribution < 1.29 is 14.0 Å². The lowest BCUT2D eigenvalue weighted by Crippen LogP contribution is -2.27. The molecule has 1 aromatic carbocycles. The molecule has 0 fully saturated rings. The van der Waals surface area contributed by atoms with Crippen molar-refractivity contribution in [3.8, 4) is 0 Å². The third kappa shape index (κ3) is 4.89. The first-order valence-electron chi connectivity index (χ1n) is 8.06. The second-order valence-electron chi connectivity index (χ2n) is 7.07. The van der Waals surface area contributed by atoms with E-state index in [9.17, 15) is 14.0 Å². The summed E-state index contributed by atoms with van der Waals surface area (Å²) in [5.41, 5.74) is 1.13. The van der Waals surface area contributed by atoms with Crippen molar-refractivity contribution in [1.82, 2.24) is 5.32 Å². The van der Waals surface area contributed by atoms with E-state index < -0.39 is 5.41 Å². The molecule has 0 aliphatic heterocycles. The molecule has 2 N–H and O–H groups in total. The Balaban J connectivity index is 2.09. The van der Waals surface area contributed by atoms with Gasteiger partial charge in [0.2, 0.25) is 5.91 Å². The van der Waals surface area contributed by atoms with Gasteiger partial charge in [-0.05, 0) is 43.2 Å². The van der Waals surface area contributed by atoms with Gasteiger partial charge in [0.15, 0.2) is 0 Å². The number of hydrogen-bond acceptors (Lipinski definition) is 3. The van der Waals surface area contributed by atoms with Crippen LogP contribution in [-0.4, -0.2) is 11.8 Å². The van der Waals surface area contributed by atoms with Crippen LogP contribution in [0.1, 0.15) is 54.5 Å². The van der Waals surface area contributed by atoms with E-state index in [0.717, 1.165) is 11.1 Å². The number of amides is 2. The molecule has 134 valence electrons. The Hall–Kier alpha value is -2.21. The minimum Gasteiger partial charge on any atom is -0.345 e. The molecule has 0 saturated heterocycles. The van der Waals surface area contributed by atoms with Crippen molar-refractivity contribution in [3.05, 3.63) is 52.2 Å². The van der Waals surface area contributed by atoms with E-state index in [1.54, 1.807) is 18.2 Å². The number of hydrogen-bond donors (Lipinski definition) is 2. The van der Waals surface area contributed by atoms with Gasteiger partial charge in [-0.15, -0.1) is 11.3 Å². The summed E-state index contributed by atoms with van der Waals surface area (Å²) >= 11 is 1.25. The van der Waals surface area contributed by atoms with Crippen LogP contribution in [0.25, 0.3) is 0 Å². The molecule has 1 atom stereocenters. The van der Waals surface area contributed by atoms with Gasteiger partial charge in [-0.1, -0.05) is 32.9 Å². The molecular formula is C19H23FN2O2S. The first-order chi connectivity index (χ1) is 11.6. The zero-order valence-electron chi connectivity index (χ0n) is 15.1. The second-order valence-corrected chi connectivity index (χ2v) is 8.13. The Morgan fingerprint density at radius 3 is 2.32 bits per heavy atom. The topological polar surface area (TPSA) is 58.2 Å². The largest absolute Gasteiger partial charge is 0.345 e. The summed E-state index contributed by atoms with van der Waals surface area (Å²) in [5.74, 6) is -0.619. The van der Waals surface area contributed by atoms with E-state index in [0.29, 0.717) is 9.88 Å². The quantitative estimate of drug-likeness (QED) is 0.830. The molecule has 0 aliphatic carbocycles. The van der Waals surface area contributed by atoms with Crippen molar-refractivity contribution in [2.75, 3.05) is 5.32 Å². The smallest absolute Gasteiger partial charge is 0.262 e. The Morgan fingerprint density at radius 1 is 1.16 bits per heavy atom. The summed E-state index contributed by atoms with van der Waals surface area (Å²) in [6, 6.07) is 7.59. The molecule has 6 heteroatoms. The molecular weight excluding hydrogens is 339 g/mol. The summed E-state index contributed by atoms with van der Waals surface area (Å²) in [6.07, 6.45) is 0. The maximum atomic E-state index is 13.0. The summed E-state index contributed by atoms with van der Waals surface area (Å²) in [6.45, 7) is 9.18. The highest BCUT2D eigenvalue weighted by Crippen LogP contribution is 2.29. The van der Waals surface area contributed by atoms with Crippen LogP contribution in [0.15, 0.2) is 30.3 Å². The van der Waals surface area contributed by atoms with Crippen molar-refractivity contribution in [2.45, 2.75) is 40.7 Å². The number of thiophene rings is 1. The van der Waals surface area contributed by atoms with E-state index in [1.807, 2.05) is 34.6 Å². The van der Waals surface area contributed by atoms with Gasteiger partial charge >= 0.3 is 0 Å². The summed E-state index contributed by atoms with van der Waals surface area (Å²) in [4.78, 5) is 25.2. The number of rotatable bonds is 4. The first-order valence-corrected chi connectivity index (χ1v) is 8.88. The SMILES string of the molecule is Cc1cc(NC(=O)C(C)(C)C)sc1C(=O)NC(C)c1ccc(F)cc1. The predicted molar refractivity (Wildman–Crippen MR) is 99.4 cm³/mol. The fourth-order valence-electron chi connectivity index (χ4n) is 2.17. The van der Waals surface area contributed by atoms with Crippen LogP contribution in [-0.2, 0) is 4.79 Å². The number of aryl methyl sites for hydroxylation is 1. The minimum absolute atomic E-state index is 0.0969. The highest BCUT2D eigenvalue weighted by molar-refractivity contribution is 7.18. The lowest BCUT2D eigenvalue weighted by atomic mass is 9.96. The van der Waals surface area contributed by atoms with Crippen LogP contribution in [0.5, 0.6) is 0 Å². The number of halogens is 1. The van der Waals surface area contributed by atoms with Gasteiger partial charge in [0.25, 0.3) is 5.91 Å². The van der Waals surface area contributed by atoms with Crippen LogP contribution in [0.2, 0.25) is 0 Å². The molecule has 0 bridgehead atoms. The van der Waals surface area contributed by atoms with Gasteiger partial charge in [0.1, 0.15) is 5.82 Å². The van der Waals surface area contributed by atoms with E-state index in [2.05, 4.69) is 10.6 Å². The van der Waals surface area contributed by atoms with E-state index >= 15 is 0 Å². The highest BCUT2D eigenvalue weighted by Gasteiger charge is 2.23. The van der Waals surface area contributed by atoms with Crippen molar-refractivity contribution in [1.29, 1.82) is 0 Å². The molecule has 1 aromatic heterocycles. The van der Waals surface area contributed by atoms with Crippen molar-refractivity contribution >= 4 is 28.2 Å². The number of anilines is 1. The Kier molecular flexibility index (Phi) is 5.62. The number of benzene rings is 1. The van der Waals surface area contributed by atoms with E-state index in [1.165, 1.54) is 23.5 Å². The zero-order valence-corrected chi connectivity index (χ0v) is 15.9. The standard InChI is InChI=1S/C19H23FN2O2S/c1-11-10-15(22-18(24)19(3,4)5)25-16(11)17(23)21-12(2)13-6-8-14(20)9-7-13/h6-10,12H,1-5H3,(H,21,23)(H,22,24). The van der Waals surface area contributed by atoms with Gasteiger partial charge in [0, 0.05) is 5.41 Å². The fraction of sp³-hybridized carbons (Fsp3) is 0.368. The molecule has 25 heavy (non-hydrogen) atoms. The molecule has 0 spiro atoms. The molecule has 4 nitrogen and oxygen atoms in total. The van der Waals surface area contributed by atoms with Gasteiger partial charge in [-0.25, -0.2) is 4.39 Å². The Labute approximate surface area is 151 Å². The van der Waals surface area contributed by atoms with E-state index in [4.69, 9.17) is 0 Å². The van der Waals surface area contributed by atoms with Gasteiger partial charge < -0.3 is 10.6 Å². The summed E-state index contributed by atoms with van der Waals surface area (Å²) in [5, 5.41) is 6.40. The molecule has 0 aliphatic rings. The Bertz CT molecular complexity index is 776. The Morgan fingerprint density at radius 2 is 1.76 bits per heavy atom. The third-order valence-electron chi connectivity index (χ3n) is 3.76. The summed E-state index contributed by atoms with van der Waals surface area (Å²) < 4.78 is 13.0. The van der Waals surface area contributed by atoms with Crippen molar-refractivity contribution in [2.24, 2.45) is 5.41 Å². The predicted octanol–water partition coefficient (Wildman–Crippen LogP) is 4.67.